The van der Waals surface area contributed by atoms with Crippen LogP contribution in [0.3, 0.4) is 0 Å². The van der Waals surface area contributed by atoms with Crippen LogP contribution in [0.4, 0.5) is 0 Å². The molecule has 0 bridgehead atoms. The second kappa shape index (κ2) is 14.1. The molecule has 0 amide bonds. The van der Waals surface area contributed by atoms with Crippen molar-refractivity contribution in [1.29, 1.82) is 0 Å². The molecule has 1 unspecified atom stereocenters. The molecule has 0 saturated carbocycles. The van der Waals surface area contributed by atoms with Crippen LogP contribution in [0.15, 0.2) is 23.1 Å². The van der Waals surface area contributed by atoms with Crippen molar-refractivity contribution in [2.45, 2.75) is 69.5 Å². The average molecular weight is 445 g/mol. The minimum Gasteiger partial charge on any atom is -0.379 e. The van der Waals surface area contributed by atoms with Gasteiger partial charge in [0.15, 0.2) is 6.29 Å². The van der Waals surface area contributed by atoms with Crippen LogP contribution in [0.2, 0.25) is 0 Å². The highest BCUT2D eigenvalue weighted by atomic mass is 32.2. The number of unbranched alkanes of at least 4 members (excludes halogenated alkanes) is 2. The molecular weight excluding hydrogens is 408 g/mol. The van der Waals surface area contributed by atoms with E-state index in [2.05, 4.69) is 0 Å². The first kappa shape index (κ1) is 25.2. The first-order valence-corrected chi connectivity index (χ1v) is 12.4. The smallest absolute Gasteiger partial charge is 0.294 e. The van der Waals surface area contributed by atoms with Gasteiger partial charge in [0.25, 0.3) is 10.1 Å². The first-order valence-electron chi connectivity index (χ1n) is 10.9. The Kier molecular flexibility index (Phi) is 11.9. The summed E-state index contributed by atoms with van der Waals surface area (Å²) in [6, 6.07) is 4.99. The van der Waals surface area contributed by atoms with Crippen molar-refractivity contribution < 1.29 is 31.9 Å². The van der Waals surface area contributed by atoms with Gasteiger partial charge in [0.05, 0.1) is 24.7 Å². The predicted molar refractivity (Wildman–Crippen MR) is 114 cm³/mol. The van der Waals surface area contributed by atoms with Gasteiger partial charge in [-0.3, -0.25) is 4.55 Å². The number of hydrogen-bond donors (Lipinski definition) is 1. The lowest BCUT2D eigenvalue weighted by Gasteiger charge is -2.22. The summed E-state index contributed by atoms with van der Waals surface area (Å²) in [6.45, 7) is 5.82. The van der Waals surface area contributed by atoms with Gasteiger partial charge < -0.3 is 18.9 Å². The number of hydrogen-bond acceptors (Lipinski definition) is 6. The van der Waals surface area contributed by atoms with Crippen molar-refractivity contribution in [1.82, 2.24) is 0 Å². The molecule has 1 aromatic carbocycles. The van der Waals surface area contributed by atoms with Gasteiger partial charge in [0.1, 0.15) is 0 Å². The Balaban J connectivity index is 1.42. The fraction of sp³-hybridized carbons (Fsp3) is 0.727. The van der Waals surface area contributed by atoms with Crippen LogP contribution in [0.25, 0.3) is 0 Å². The maximum atomic E-state index is 11.5. The molecule has 172 valence electrons. The Morgan fingerprint density at radius 2 is 1.77 bits per heavy atom. The molecule has 2 rings (SSSR count). The molecule has 1 aliphatic rings. The number of ether oxygens (including phenoxy) is 4. The van der Waals surface area contributed by atoms with Gasteiger partial charge in [-0.2, -0.15) is 8.42 Å². The normalized spacial score (nSPS) is 17.3. The highest BCUT2D eigenvalue weighted by Crippen LogP contribution is 2.19. The minimum atomic E-state index is -4.18. The quantitative estimate of drug-likeness (QED) is 0.324. The van der Waals surface area contributed by atoms with E-state index in [0.717, 1.165) is 50.7 Å². The zero-order valence-electron chi connectivity index (χ0n) is 18.0. The van der Waals surface area contributed by atoms with E-state index in [0.29, 0.717) is 45.0 Å². The zero-order chi connectivity index (χ0) is 21.7. The van der Waals surface area contributed by atoms with Gasteiger partial charge in [0, 0.05) is 19.8 Å². The molecule has 1 aromatic rings. The third-order valence-electron chi connectivity index (χ3n) is 4.98. The third kappa shape index (κ3) is 10.3. The third-order valence-corrected chi connectivity index (χ3v) is 5.93. The number of aryl methyl sites for hydroxylation is 2. The van der Waals surface area contributed by atoms with E-state index in [9.17, 15) is 13.0 Å². The highest BCUT2D eigenvalue weighted by molar-refractivity contribution is 7.85. The van der Waals surface area contributed by atoms with Crippen LogP contribution in [0.5, 0.6) is 0 Å². The zero-order valence-corrected chi connectivity index (χ0v) is 18.8. The standard InChI is InChI=1S/C22H36O7S/c1-19-10-11-21(30(23,24)25)20(18-19)8-3-2-5-12-26-16-17-27-13-7-15-29-22-9-4-6-14-28-22/h10-11,18,22H,2-9,12-17H2,1H3,(H,23,24,25). The first-order chi connectivity index (χ1) is 14.5. The molecule has 1 N–H and O–H groups in total. The lowest BCUT2D eigenvalue weighted by atomic mass is 10.0. The molecule has 7 nitrogen and oxygen atoms in total. The maximum Gasteiger partial charge on any atom is 0.294 e. The minimum absolute atomic E-state index is 0.0122. The van der Waals surface area contributed by atoms with Crippen LogP contribution >= 0.6 is 0 Å². The van der Waals surface area contributed by atoms with Crippen molar-refractivity contribution in [2.75, 3.05) is 39.6 Å². The topological polar surface area (TPSA) is 91.3 Å². The summed E-state index contributed by atoms with van der Waals surface area (Å²) >= 11 is 0. The summed E-state index contributed by atoms with van der Waals surface area (Å²) < 4.78 is 54.5. The Hall–Kier alpha value is -1.03. The van der Waals surface area contributed by atoms with E-state index >= 15 is 0 Å². The molecule has 1 fully saturated rings. The molecule has 0 spiro atoms. The highest BCUT2D eigenvalue weighted by Gasteiger charge is 2.15. The fourth-order valence-corrected chi connectivity index (χ4v) is 4.12. The number of rotatable bonds is 15. The molecular formula is C22H36O7S. The van der Waals surface area contributed by atoms with Crippen LogP contribution in [-0.2, 0) is 35.5 Å². The molecule has 1 heterocycles. The van der Waals surface area contributed by atoms with E-state index in [1.165, 1.54) is 12.5 Å². The lowest BCUT2D eigenvalue weighted by Crippen LogP contribution is -2.23. The maximum absolute atomic E-state index is 11.5. The largest absolute Gasteiger partial charge is 0.379 e. The van der Waals surface area contributed by atoms with Crippen LogP contribution in [0, 0.1) is 6.92 Å². The van der Waals surface area contributed by atoms with E-state index in [4.69, 9.17) is 18.9 Å². The Bertz CT molecular complexity index is 699. The molecule has 8 heteroatoms. The monoisotopic (exact) mass is 444 g/mol. The van der Waals surface area contributed by atoms with Crippen molar-refractivity contribution in [3.63, 3.8) is 0 Å². The second-order valence-corrected chi connectivity index (χ2v) is 9.03. The fourth-order valence-electron chi connectivity index (χ4n) is 3.39. The summed E-state index contributed by atoms with van der Waals surface area (Å²) in [5.41, 5.74) is 1.65. The second-order valence-electron chi connectivity index (χ2n) is 7.64. The van der Waals surface area contributed by atoms with Gasteiger partial charge in [0.2, 0.25) is 0 Å². The Labute approximate surface area is 180 Å². The van der Waals surface area contributed by atoms with Crippen LogP contribution in [0.1, 0.15) is 56.1 Å². The van der Waals surface area contributed by atoms with E-state index in [1.807, 2.05) is 13.0 Å². The Morgan fingerprint density at radius 1 is 1.00 bits per heavy atom. The molecule has 0 aliphatic carbocycles. The molecule has 1 atom stereocenters. The summed E-state index contributed by atoms with van der Waals surface area (Å²) in [4.78, 5) is 0.0122. The summed E-state index contributed by atoms with van der Waals surface area (Å²) in [5, 5.41) is 0. The van der Waals surface area contributed by atoms with Gasteiger partial charge >= 0.3 is 0 Å². The van der Waals surface area contributed by atoms with E-state index in [-0.39, 0.29) is 11.2 Å². The average Bonchev–Trinajstić information content (AvgIpc) is 2.71. The van der Waals surface area contributed by atoms with E-state index < -0.39 is 10.1 Å². The van der Waals surface area contributed by atoms with Crippen LogP contribution in [-0.4, -0.2) is 58.9 Å². The van der Waals surface area contributed by atoms with Crippen molar-refractivity contribution in [3.05, 3.63) is 29.3 Å². The molecule has 30 heavy (non-hydrogen) atoms. The van der Waals surface area contributed by atoms with Gasteiger partial charge in [-0.25, -0.2) is 0 Å². The summed E-state index contributed by atoms with van der Waals surface area (Å²) in [6.07, 6.45) is 7.41. The summed E-state index contributed by atoms with van der Waals surface area (Å²) in [5.74, 6) is 0. The Morgan fingerprint density at radius 3 is 2.47 bits per heavy atom. The summed E-state index contributed by atoms with van der Waals surface area (Å²) in [7, 11) is -4.18. The SMILES string of the molecule is Cc1ccc(S(=O)(=O)O)c(CCCCCOCCOCCCOC2CCCCO2)c1. The molecule has 0 radical (unpaired) electrons. The van der Waals surface area contributed by atoms with Gasteiger partial charge in [-0.1, -0.05) is 24.1 Å². The number of benzene rings is 1. The molecule has 1 saturated heterocycles. The predicted octanol–water partition coefficient (Wildman–Crippen LogP) is 3.92. The van der Waals surface area contributed by atoms with E-state index in [1.54, 1.807) is 6.07 Å². The van der Waals surface area contributed by atoms with Gasteiger partial charge in [-0.05, 0) is 63.5 Å². The lowest BCUT2D eigenvalue weighted by molar-refractivity contribution is -0.164. The molecule has 0 aromatic heterocycles. The molecule has 1 aliphatic heterocycles. The van der Waals surface area contributed by atoms with Crippen molar-refractivity contribution in [3.8, 4) is 0 Å². The van der Waals surface area contributed by atoms with Crippen LogP contribution < -0.4 is 0 Å². The van der Waals surface area contributed by atoms with Gasteiger partial charge in [-0.15, -0.1) is 0 Å². The van der Waals surface area contributed by atoms with Crippen molar-refractivity contribution in [2.24, 2.45) is 0 Å². The van der Waals surface area contributed by atoms with Crippen molar-refractivity contribution >= 4 is 10.1 Å².